The van der Waals surface area contributed by atoms with E-state index < -0.39 is 33.4 Å². The molecule has 1 aliphatic rings. The monoisotopic (exact) mass is 465 g/mol. The zero-order chi connectivity index (χ0) is 23.5. The van der Waals surface area contributed by atoms with Gasteiger partial charge in [-0.05, 0) is 69.3 Å². The quantitative estimate of drug-likeness (QED) is 0.500. The van der Waals surface area contributed by atoms with Gasteiger partial charge < -0.3 is 9.57 Å². The average Bonchev–Trinajstić information content (AvgIpc) is 3.19. The first kappa shape index (κ1) is 23.6. The number of hydroxylamine groups is 1. The van der Waals surface area contributed by atoms with E-state index in [0.29, 0.717) is 17.2 Å². The topological polar surface area (TPSA) is 118 Å². The number of amides is 1. The Kier molecular flexibility index (Phi) is 6.82. The summed E-state index contributed by atoms with van der Waals surface area (Å²) in [6.07, 6.45) is -0.0204. The molecule has 1 atom stereocenters. The molecule has 3 rings (SSSR count). The molecule has 1 aliphatic heterocycles. The standard InChI is InChI=1S/C21H24FN3O6S/c1-21(2,3)31-24-15-12-19(20(26)23-27)25(13-15)32(28,29)18-10-8-17(9-11-18)30-16-6-4-14(22)5-7-16/h4-11,19,27H,12-13H2,1-3H3,(H,23,26)/b24-15+/t19-/m1/s1. The molecule has 32 heavy (non-hydrogen) atoms. The maximum Gasteiger partial charge on any atom is 0.262 e. The van der Waals surface area contributed by atoms with Gasteiger partial charge in [0.1, 0.15) is 29.0 Å². The Hall–Kier alpha value is -3.02. The highest BCUT2D eigenvalue weighted by Gasteiger charge is 2.43. The third kappa shape index (κ3) is 5.61. The number of carbonyl (C=O) groups is 1. The number of halogens is 1. The molecule has 2 aromatic rings. The SMILES string of the molecule is CC(C)(C)O/N=C1\C[C@H](C(=O)NO)N(S(=O)(=O)c2ccc(Oc3ccc(F)cc3)cc2)C1. The number of benzene rings is 2. The molecule has 11 heteroatoms. The van der Waals surface area contributed by atoms with Crippen molar-refractivity contribution in [1.29, 1.82) is 0 Å². The van der Waals surface area contributed by atoms with E-state index in [1.807, 2.05) is 0 Å². The lowest BCUT2D eigenvalue weighted by Crippen LogP contribution is -2.45. The number of carbonyl (C=O) groups excluding carboxylic acids is 1. The van der Waals surface area contributed by atoms with Gasteiger partial charge in [0.05, 0.1) is 17.2 Å². The molecule has 2 N–H and O–H groups in total. The third-order valence-corrected chi connectivity index (χ3v) is 6.32. The molecular weight excluding hydrogens is 441 g/mol. The van der Waals surface area contributed by atoms with Gasteiger partial charge in [0.15, 0.2) is 0 Å². The van der Waals surface area contributed by atoms with Crippen molar-refractivity contribution in [2.75, 3.05) is 6.54 Å². The number of rotatable bonds is 6. The van der Waals surface area contributed by atoms with Gasteiger partial charge in [-0.2, -0.15) is 4.31 Å². The van der Waals surface area contributed by atoms with Crippen molar-refractivity contribution in [2.24, 2.45) is 5.16 Å². The first-order valence-electron chi connectivity index (χ1n) is 9.73. The number of nitrogens with one attached hydrogen (secondary N) is 1. The minimum atomic E-state index is -4.11. The van der Waals surface area contributed by atoms with Crippen LogP contribution in [0.5, 0.6) is 11.5 Å². The second-order valence-corrected chi connectivity index (χ2v) is 10.0. The van der Waals surface area contributed by atoms with Gasteiger partial charge in [-0.15, -0.1) is 0 Å². The van der Waals surface area contributed by atoms with Gasteiger partial charge in [0.2, 0.25) is 10.0 Å². The third-order valence-electron chi connectivity index (χ3n) is 4.46. The van der Waals surface area contributed by atoms with E-state index in [1.54, 1.807) is 20.8 Å². The normalized spacial score (nSPS) is 18.5. The zero-order valence-electron chi connectivity index (χ0n) is 17.8. The Morgan fingerprint density at radius 3 is 2.22 bits per heavy atom. The van der Waals surface area contributed by atoms with Crippen molar-refractivity contribution in [3.05, 3.63) is 54.3 Å². The van der Waals surface area contributed by atoms with Crippen LogP contribution in [0.3, 0.4) is 0 Å². The van der Waals surface area contributed by atoms with Crippen molar-refractivity contribution in [3.8, 4) is 11.5 Å². The number of hydrogen-bond donors (Lipinski definition) is 2. The van der Waals surface area contributed by atoms with E-state index >= 15 is 0 Å². The maximum atomic E-state index is 13.2. The molecule has 1 fully saturated rings. The summed E-state index contributed by atoms with van der Waals surface area (Å²) >= 11 is 0. The molecule has 0 aliphatic carbocycles. The smallest absolute Gasteiger partial charge is 0.262 e. The summed E-state index contributed by atoms with van der Waals surface area (Å²) in [6.45, 7) is 5.19. The summed E-state index contributed by atoms with van der Waals surface area (Å²) in [4.78, 5) is 17.4. The Balaban J connectivity index is 1.82. The Bertz CT molecular complexity index is 1100. The highest BCUT2D eigenvalue weighted by molar-refractivity contribution is 7.89. The molecule has 0 radical (unpaired) electrons. The largest absolute Gasteiger partial charge is 0.457 e. The Morgan fingerprint density at radius 2 is 1.69 bits per heavy atom. The number of sulfonamides is 1. The van der Waals surface area contributed by atoms with E-state index in [9.17, 15) is 17.6 Å². The predicted molar refractivity (Wildman–Crippen MR) is 113 cm³/mol. The van der Waals surface area contributed by atoms with Crippen LogP contribution in [-0.2, 0) is 19.7 Å². The molecule has 2 aromatic carbocycles. The highest BCUT2D eigenvalue weighted by Crippen LogP contribution is 2.28. The number of nitrogens with zero attached hydrogens (tertiary/aromatic N) is 2. The predicted octanol–water partition coefficient (Wildman–Crippen LogP) is 3.06. The number of ether oxygens (including phenoxy) is 1. The molecule has 0 bridgehead atoms. The van der Waals surface area contributed by atoms with Crippen LogP contribution in [0.2, 0.25) is 0 Å². The minimum Gasteiger partial charge on any atom is -0.457 e. The summed E-state index contributed by atoms with van der Waals surface area (Å²) in [5.41, 5.74) is 1.27. The fourth-order valence-electron chi connectivity index (χ4n) is 2.95. The molecule has 0 aromatic heterocycles. The van der Waals surface area contributed by atoms with Crippen LogP contribution in [0, 0.1) is 5.82 Å². The molecular formula is C21H24FN3O6S. The van der Waals surface area contributed by atoms with Crippen LogP contribution in [0.15, 0.2) is 58.6 Å². The van der Waals surface area contributed by atoms with Crippen LogP contribution in [0.25, 0.3) is 0 Å². The van der Waals surface area contributed by atoms with Crippen molar-refractivity contribution in [1.82, 2.24) is 9.79 Å². The van der Waals surface area contributed by atoms with Crippen LogP contribution in [-0.4, -0.2) is 47.7 Å². The molecule has 9 nitrogen and oxygen atoms in total. The fraction of sp³-hybridized carbons (Fsp3) is 0.333. The summed E-state index contributed by atoms with van der Waals surface area (Å²) in [5.74, 6) is -0.532. The van der Waals surface area contributed by atoms with Crippen molar-refractivity contribution in [3.63, 3.8) is 0 Å². The molecule has 0 spiro atoms. The van der Waals surface area contributed by atoms with Gasteiger partial charge >= 0.3 is 0 Å². The van der Waals surface area contributed by atoms with Crippen LogP contribution in [0.1, 0.15) is 27.2 Å². The molecule has 0 unspecified atom stereocenters. The van der Waals surface area contributed by atoms with Crippen molar-refractivity contribution < 1.29 is 32.4 Å². The van der Waals surface area contributed by atoms with Crippen molar-refractivity contribution in [2.45, 2.75) is 43.7 Å². The molecule has 1 amide bonds. The van der Waals surface area contributed by atoms with Crippen LogP contribution >= 0.6 is 0 Å². The Labute approximate surface area is 185 Å². The lowest BCUT2D eigenvalue weighted by atomic mass is 10.2. The fourth-order valence-corrected chi connectivity index (χ4v) is 4.53. The first-order chi connectivity index (χ1) is 15.0. The second kappa shape index (κ2) is 9.23. The first-order valence-corrected chi connectivity index (χ1v) is 11.2. The lowest BCUT2D eigenvalue weighted by Gasteiger charge is -2.21. The summed E-state index contributed by atoms with van der Waals surface area (Å²) in [6, 6.07) is 9.78. The van der Waals surface area contributed by atoms with Gasteiger partial charge in [0, 0.05) is 6.42 Å². The molecule has 172 valence electrons. The summed E-state index contributed by atoms with van der Waals surface area (Å²) in [7, 11) is -4.11. The minimum absolute atomic E-state index is 0.0204. The van der Waals surface area contributed by atoms with Crippen molar-refractivity contribution >= 4 is 21.6 Å². The van der Waals surface area contributed by atoms with E-state index in [1.165, 1.54) is 54.0 Å². The second-order valence-electron chi connectivity index (χ2n) is 8.13. The molecule has 0 saturated carbocycles. The zero-order valence-corrected chi connectivity index (χ0v) is 18.6. The van der Waals surface area contributed by atoms with Gasteiger partial charge in [-0.1, -0.05) is 5.16 Å². The van der Waals surface area contributed by atoms with E-state index in [4.69, 9.17) is 14.8 Å². The summed E-state index contributed by atoms with van der Waals surface area (Å²) < 4.78 is 46.0. The summed E-state index contributed by atoms with van der Waals surface area (Å²) in [5, 5.41) is 13.0. The lowest BCUT2D eigenvalue weighted by molar-refractivity contribution is -0.132. The highest BCUT2D eigenvalue weighted by atomic mass is 32.2. The van der Waals surface area contributed by atoms with Gasteiger partial charge in [-0.3, -0.25) is 10.0 Å². The van der Waals surface area contributed by atoms with Crippen LogP contribution in [0.4, 0.5) is 4.39 Å². The van der Waals surface area contributed by atoms with E-state index in [-0.39, 0.29) is 17.9 Å². The molecule has 1 saturated heterocycles. The van der Waals surface area contributed by atoms with E-state index in [2.05, 4.69) is 5.16 Å². The molecule has 1 heterocycles. The number of oxime groups is 1. The van der Waals surface area contributed by atoms with Crippen LogP contribution < -0.4 is 10.2 Å². The van der Waals surface area contributed by atoms with Gasteiger partial charge in [-0.25, -0.2) is 18.3 Å². The number of hydrogen-bond acceptors (Lipinski definition) is 7. The average molecular weight is 466 g/mol. The van der Waals surface area contributed by atoms with E-state index in [0.717, 1.165) is 4.31 Å². The maximum absolute atomic E-state index is 13.2. The Morgan fingerprint density at radius 1 is 1.12 bits per heavy atom. The van der Waals surface area contributed by atoms with Gasteiger partial charge in [0.25, 0.3) is 5.91 Å².